The Kier molecular flexibility index (Phi) is 6.83. The number of allylic oxidation sites excluding steroid dienone is 3. The molecule has 0 aromatic heterocycles. The molecule has 3 aromatic carbocycles. The first-order valence-electron chi connectivity index (χ1n) is 12.0. The number of fused-ring (bicyclic) bond motifs is 2. The first-order valence-corrected chi connectivity index (χ1v) is 12.8. The Labute approximate surface area is 232 Å². The highest BCUT2D eigenvalue weighted by Gasteiger charge is 2.32. The normalized spacial score (nSPS) is 13.6. The lowest BCUT2D eigenvalue weighted by atomic mass is 9.95. The summed E-state index contributed by atoms with van der Waals surface area (Å²) in [6.07, 6.45) is 0.593. The van der Waals surface area contributed by atoms with Crippen LogP contribution in [0.15, 0.2) is 88.1 Å². The minimum absolute atomic E-state index is 0.000897. The third kappa shape index (κ3) is 4.78. The zero-order valence-electron chi connectivity index (χ0n) is 21.0. The van der Waals surface area contributed by atoms with Crippen LogP contribution >= 0.6 is 11.8 Å². The summed E-state index contributed by atoms with van der Waals surface area (Å²) in [5.41, 5.74) is 1.95. The lowest BCUT2D eigenvalue weighted by Crippen LogP contribution is -2.17. The van der Waals surface area contributed by atoms with E-state index in [0.29, 0.717) is 28.7 Å². The predicted octanol–water partition coefficient (Wildman–Crippen LogP) is 6.51. The van der Waals surface area contributed by atoms with Crippen LogP contribution in [0.2, 0.25) is 0 Å². The average Bonchev–Trinajstić information content (AvgIpc) is 3.46. The number of aryl methyl sites for hydroxylation is 1. The summed E-state index contributed by atoms with van der Waals surface area (Å²) in [4.78, 5) is 6.97. The van der Waals surface area contributed by atoms with E-state index in [1.165, 1.54) is 18.2 Å². The molecule has 192 valence electrons. The van der Waals surface area contributed by atoms with E-state index in [1.807, 2.05) is 55.5 Å². The first kappa shape index (κ1) is 26.6. The molecule has 0 aliphatic heterocycles. The van der Waals surface area contributed by atoms with E-state index in [0.717, 1.165) is 38.3 Å². The predicted molar refractivity (Wildman–Crippen MR) is 146 cm³/mol. The number of rotatable bonds is 3. The monoisotopic (exact) mass is 546 g/mol. The third-order valence-corrected chi connectivity index (χ3v) is 7.60. The van der Waals surface area contributed by atoms with Crippen LogP contribution in [0.3, 0.4) is 0 Å². The number of nitriles is 2. The van der Waals surface area contributed by atoms with Gasteiger partial charge >= 0.3 is 11.3 Å². The molecule has 40 heavy (non-hydrogen) atoms. The summed E-state index contributed by atoms with van der Waals surface area (Å²) >= 11 is -0.221. The molecule has 0 radical (unpaired) electrons. The van der Waals surface area contributed by atoms with Crippen molar-refractivity contribution < 1.29 is 13.2 Å². The number of hydrogen-bond donors (Lipinski definition) is 0. The van der Waals surface area contributed by atoms with Gasteiger partial charge in [-0.1, -0.05) is 42.0 Å². The van der Waals surface area contributed by atoms with E-state index in [9.17, 15) is 23.7 Å². The topological polar surface area (TPSA) is 56.3 Å². The van der Waals surface area contributed by atoms with Gasteiger partial charge < -0.3 is 0 Å². The van der Waals surface area contributed by atoms with Crippen molar-refractivity contribution in [3.05, 3.63) is 144 Å². The molecule has 8 heteroatoms. The lowest BCUT2D eigenvalue weighted by molar-refractivity contribution is -0.0328. The summed E-state index contributed by atoms with van der Waals surface area (Å²) < 4.78 is 39.4. The standard InChI is InChI=1S/C32H17F3N4S/c1-18-6-4-7-19(10-18)30-26-12-21-14-27(23(16-36)17-37)29(20-8-5-9-24(11-20)40-32(33,34)35)25(21)13-22(26)15-28(30)31(38-2)39-3/h4-13H,14-15H2,1H3. The Bertz CT molecular complexity index is 1940. The Morgan fingerprint density at radius 2 is 1.38 bits per heavy atom. The van der Waals surface area contributed by atoms with Crippen molar-refractivity contribution >= 4 is 22.9 Å². The Morgan fingerprint density at radius 1 is 0.825 bits per heavy atom. The van der Waals surface area contributed by atoms with Gasteiger partial charge in [0, 0.05) is 11.3 Å². The average molecular weight is 547 g/mol. The van der Waals surface area contributed by atoms with Crippen molar-refractivity contribution in [3.8, 4) is 12.1 Å². The molecule has 3 aromatic rings. The Hall–Kier alpha value is -5.02. The molecule has 0 spiro atoms. The maximum absolute atomic E-state index is 13.1. The highest BCUT2D eigenvalue weighted by atomic mass is 32.2. The van der Waals surface area contributed by atoms with E-state index in [2.05, 4.69) is 9.69 Å². The Balaban J connectivity index is 1.85. The molecule has 0 unspecified atom stereocenters. The van der Waals surface area contributed by atoms with Crippen molar-refractivity contribution in [2.45, 2.75) is 30.2 Å². The van der Waals surface area contributed by atoms with Crippen molar-refractivity contribution in [2.75, 3.05) is 0 Å². The van der Waals surface area contributed by atoms with Crippen LogP contribution in [0.1, 0.15) is 27.8 Å². The van der Waals surface area contributed by atoms with Crippen molar-refractivity contribution in [1.29, 1.82) is 10.5 Å². The molecular weight excluding hydrogens is 529 g/mol. The van der Waals surface area contributed by atoms with Crippen LogP contribution in [-0.4, -0.2) is 5.51 Å². The van der Waals surface area contributed by atoms with Crippen LogP contribution < -0.4 is 10.4 Å². The van der Waals surface area contributed by atoms with Crippen LogP contribution in [0.5, 0.6) is 0 Å². The molecule has 0 saturated carbocycles. The smallest absolute Gasteiger partial charge is 0.192 e. The van der Waals surface area contributed by atoms with Gasteiger partial charge in [-0.25, -0.2) is 0 Å². The third-order valence-electron chi connectivity index (χ3n) is 6.88. The molecule has 5 rings (SSSR count). The maximum Gasteiger partial charge on any atom is 0.523 e. The molecule has 0 N–H and O–H groups in total. The van der Waals surface area contributed by atoms with Gasteiger partial charge in [0.25, 0.3) is 0 Å². The minimum atomic E-state index is -4.46. The second-order valence-electron chi connectivity index (χ2n) is 9.32. The summed E-state index contributed by atoms with van der Waals surface area (Å²) in [6.45, 7) is 17.1. The van der Waals surface area contributed by atoms with Crippen molar-refractivity contribution in [3.63, 3.8) is 0 Å². The van der Waals surface area contributed by atoms with Gasteiger partial charge in [0.1, 0.15) is 30.9 Å². The van der Waals surface area contributed by atoms with Crippen LogP contribution in [0.4, 0.5) is 13.2 Å². The molecule has 2 aliphatic rings. The lowest BCUT2D eigenvalue weighted by Gasteiger charge is -2.10. The van der Waals surface area contributed by atoms with Gasteiger partial charge in [-0.05, 0) is 98.8 Å². The second-order valence-corrected chi connectivity index (χ2v) is 10.5. The van der Waals surface area contributed by atoms with Crippen LogP contribution in [-0.2, 0) is 12.8 Å². The summed E-state index contributed by atoms with van der Waals surface area (Å²) in [5.74, 6) is -0.00854. The second kappa shape index (κ2) is 10.3. The van der Waals surface area contributed by atoms with E-state index in [4.69, 9.17) is 13.1 Å². The fourth-order valence-electron chi connectivity index (χ4n) is 5.36. The molecule has 0 fully saturated rings. The number of alkyl halides is 3. The molecule has 0 amide bonds. The van der Waals surface area contributed by atoms with Gasteiger partial charge in [-0.15, -0.1) is 0 Å². The molecule has 0 bridgehead atoms. The van der Waals surface area contributed by atoms with E-state index >= 15 is 0 Å². The summed E-state index contributed by atoms with van der Waals surface area (Å²) in [7, 11) is 0. The van der Waals surface area contributed by atoms with Gasteiger partial charge in [0.15, 0.2) is 0 Å². The highest BCUT2D eigenvalue weighted by molar-refractivity contribution is 8.00. The van der Waals surface area contributed by atoms with Gasteiger partial charge in [-0.3, -0.25) is 0 Å². The summed E-state index contributed by atoms with van der Waals surface area (Å²) in [6, 6.07) is 21.6. The summed E-state index contributed by atoms with van der Waals surface area (Å²) in [5, 5.41) is 21.0. The van der Waals surface area contributed by atoms with Gasteiger partial charge in [-0.2, -0.15) is 33.4 Å². The molecule has 4 nitrogen and oxygen atoms in total. The van der Waals surface area contributed by atoms with Crippen LogP contribution in [0.25, 0.3) is 20.8 Å². The SMILES string of the molecule is [C-]#[N+]C([N+]#[C-])=C1Cc2cc3c(cc2=C1c1cccc(C)c1)CC(=C(C#N)C#N)C=3c1cccc(SC(F)(F)F)c1. The largest absolute Gasteiger partial charge is 0.523 e. The van der Waals surface area contributed by atoms with Gasteiger partial charge in [0.2, 0.25) is 0 Å². The maximum atomic E-state index is 13.1. The molecule has 0 atom stereocenters. The fourth-order valence-corrected chi connectivity index (χ4v) is 5.96. The van der Waals surface area contributed by atoms with Crippen LogP contribution in [0, 0.1) is 42.7 Å². The number of hydrogen-bond acceptors (Lipinski definition) is 3. The minimum Gasteiger partial charge on any atom is -0.192 e. The van der Waals surface area contributed by atoms with Gasteiger partial charge in [0.05, 0.1) is 5.57 Å². The van der Waals surface area contributed by atoms with Crippen molar-refractivity contribution in [2.24, 2.45) is 0 Å². The Morgan fingerprint density at radius 3 is 1.93 bits per heavy atom. The highest BCUT2D eigenvalue weighted by Crippen LogP contribution is 2.39. The molecule has 0 saturated heterocycles. The number of nitrogens with zero attached hydrogens (tertiary/aromatic N) is 4. The zero-order valence-corrected chi connectivity index (χ0v) is 21.8. The molecule has 2 aliphatic carbocycles. The fraction of sp³-hybridized carbons (Fsp3) is 0.125. The van der Waals surface area contributed by atoms with E-state index in [-0.39, 0.29) is 34.5 Å². The quantitative estimate of drug-likeness (QED) is 0.214. The molecular formula is C32H17F3N4S. The van der Waals surface area contributed by atoms with E-state index < -0.39 is 5.51 Å². The zero-order chi connectivity index (χ0) is 28.6. The number of halogens is 3. The number of benzene rings is 3. The number of thioether (sulfide) groups is 1. The van der Waals surface area contributed by atoms with E-state index in [1.54, 1.807) is 6.07 Å². The molecule has 0 heterocycles. The van der Waals surface area contributed by atoms with Crippen molar-refractivity contribution in [1.82, 2.24) is 0 Å². The first-order chi connectivity index (χ1) is 19.2.